The average Bonchev–Trinajstić information content (AvgIpc) is 3.32. The summed E-state index contributed by atoms with van der Waals surface area (Å²) in [6.45, 7) is 3.38. The largest absolute Gasteiger partial charge is 0.392 e. The number of carbonyl (C=O) groups is 3. The van der Waals surface area contributed by atoms with Crippen LogP contribution in [-0.2, 0) is 26.5 Å². The Morgan fingerprint density at radius 3 is 2.52 bits per heavy atom. The van der Waals surface area contributed by atoms with E-state index in [4.69, 9.17) is 0 Å². The number of carbonyl (C=O) groups excluding carboxylic acids is 3. The van der Waals surface area contributed by atoms with Gasteiger partial charge in [-0.15, -0.1) is 0 Å². The van der Waals surface area contributed by atoms with Crippen molar-refractivity contribution in [3.8, 4) is 0 Å². The van der Waals surface area contributed by atoms with E-state index >= 15 is 0 Å². The molecule has 31 heavy (non-hydrogen) atoms. The van der Waals surface area contributed by atoms with Gasteiger partial charge in [-0.05, 0) is 37.1 Å². The van der Waals surface area contributed by atoms with Gasteiger partial charge in [0.1, 0.15) is 11.4 Å². The average molecular weight is 423 g/mol. The number of para-hydroxylation sites is 1. The molecule has 7 nitrogen and oxygen atoms in total. The molecule has 8 heteroatoms. The third-order valence-electron chi connectivity index (χ3n) is 6.76. The van der Waals surface area contributed by atoms with Crippen LogP contribution in [0.3, 0.4) is 0 Å². The van der Waals surface area contributed by atoms with Crippen LogP contribution in [-0.4, -0.2) is 39.9 Å². The zero-order valence-electron chi connectivity index (χ0n) is 17.1. The Hall–Kier alpha value is -3.10. The molecule has 160 valence electrons. The molecule has 0 aliphatic carbocycles. The van der Waals surface area contributed by atoms with E-state index < -0.39 is 53.1 Å². The van der Waals surface area contributed by atoms with Crippen molar-refractivity contribution >= 4 is 23.4 Å². The second-order valence-electron chi connectivity index (χ2n) is 8.56. The van der Waals surface area contributed by atoms with Crippen LogP contribution in [0, 0.1) is 24.6 Å². The Labute approximate surface area is 178 Å². The second kappa shape index (κ2) is 6.70. The van der Waals surface area contributed by atoms with Gasteiger partial charge in [0.25, 0.3) is 0 Å². The van der Waals surface area contributed by atoms with Gasteiger partial charge in [-0.2, -0.15) is 0 Å². The molecule has 3 amide bonds. The number of hydrogen-bond donors (Lipinski definition) is 3. The maximum Gasteiger partial charge on any atom is 0.250 e. The predicted molar refractivity (Wildman–Crippen MR) is 109 cm³/mol. The molecule has 5 atom stereocenters. The van der Waals surface area contributed by atoms with E-state index in [1.54, 1.807) is 12.1 Å². The summed E-state index contributed by atoms with van der Waals surface area (Å²) in [5, 5.41) is 16.5. The zero-order chi connectivity index (χ0) is 22.1. The summed E-state index contributed by atoms with van der Waals surface area (Å²) in [5.41, 5.74) is 1.26. The normalized spacial score (nSPS) is 30.0. The quantitative estimate of drug-likeness (QED) is 0.649. The van der Waals surface area contributed by atoms with Crippen LogP contribution >= 0.6 is 0 Å². The first-order chi connectivity index (χ1) is 14.8. The molecule has 0 radical (unpaired) electrons. The maximum absolute atomic E-state index is 13.6. The molecule has 0 aromatic heterocycles. The Bertz CT molecular complexity index is 1120. The van der Waals surface area contributed by atoms with Crippen molar-refractivity contribution in [2.45, 2.75) is 38.1 Å². The molecule has 1 spiro atoms. The van der Waals surface area contributed by atoms with Crippen LogP contribution < -0.4 is 10.6 Å². The number of hydrogen-bond acceptors (Lipinski definition) is 5. The fourth-order valence-electron chi connectivity index (χ4n) is 5.31. The number of fused-ring (bicyclic) bond motifs is 4. The second-order valence-corrected chi connectivity index (χ2v) is 8.56. The van der Waals surface area contributed by atoms with E-state index in [2.05, 4.69) is 10.6 Å². The first kappa shape index (κ1) is 19.8. The molecule has 2 aromatic carbocycles. The number of halogens is 1. The Kier molecular flexibility index (Phi) is 4.29. The van der Waals surface area contributed by atoms with Crippen LogP contribution in [0.5, 0.6) is 0 Å². The minimum Gasteiger partial charge on any atom is -0.392 e. The lowest BCUT2D eigenvalue weighted by atomic mass is 9.76. The first-order valence-electron chi connectivity index (χ1n) is 10.2. The van der Waals surface area contributed by atoms with Gasteiger partial charge in [0.15, 0.2) is 0 Å². The molecule has 0 bridgehead atoms. The molecule has 3 aliphatic rings. The fourth-order valence-corrected chi connectivity index (χ4v) is 5.31. The summed E-state index contributed by atoms with van der Waals surface area (Å²) in [5.74, 6) is -3.59. The third kappa shape index (κ3) is 2.61. The number of aliphatic hydroxyl groups is 1. The van der Waals surface area contributed by atoms with E-state index in [-0.39, 0.29) is 6.54 Å². The monoisotopic (exact) mass is 423 g/mol. The number of benzene rings is 2. The minimum atomic E-state index is -1.43. The number of aliphatic hydroxyl groups excluding tert-OH is 1. The number of nitrogens with one attached hydrogen (secondary N) is 2. The highest BCUT2D eigenvalue weighted by atomic mass is 19.1. The van der Waals surface area contributed by atoms with Crippen molar-refractivity contribution < 1.29 is 23.9 Å². The molecule has 3 aliphatic heterocycles. The van der Waals surface area contributed by atoms with Gasteiger partial charge in [-0.3, -0.25) is 24.6 Å². The van der Waals surface area contributed by atoms with Gasteiger partial charge in [0.05, 0.1) is 24.5 Å². The van der Waals surface area contributed by atoms with Crippen molar-refractivity contribution in [1.29, 1.82) is 0 Å². The summed E-state index contributed by atoms with van der Waals surface area (Å²) < 4.78 is 13.3. The van der Waals surface area contributed by atoms with E-state index in [0.29, 0.717) is 16.8 Å². The summed E-state index contributed by atoms with van der Waals surface area (Å²) in [6, 6.07) is 10.3. The van der Waals surface area contributed by atoms with E-state index in [1.165, 1.54) is 31.2 Å². The van der Waals surface area contributed by atoms with Crippen molar-refractivity contribution in [2.24, 2.45) is 11.8 Å². The molecule has 2 aromatic rings. The van der Waals surface area contributed by atoms with Gasteiger partial charge in [-0.1, -0.05) is 30.3 Å². The van der Waals surface area contributed by atoms with Crippen molar-refractivity contribution in [1.82, 2.24) is 10.2 Å². The number of amides is 3. The zero-order valence-corrected chi connectivity index (χ0v) is 17.1. The van der Waals surface area contributed by atoms with E-state index in [9.17, 15) is 23.9 Å². The summed E-state index contributed by atoms with van der Waals surface area (Å²) in [4.78, 5) is 41.3. The smallest absolute Gasteiger partial charge is 0.250 e. The number of nitrogens with zero attached hydrogens (tertiary/aromatic N) is 1. The number of rotatable bonds is 3. The Morgan fingerprint density at radius 2 is 1.84 bits per heavy atom. The van der Waals surface area contributed by atoms with Gasteiger partial charge in [0, 0.05) is 17.3 Å². The van der Waals surface area contributed by atoms with Crippen LogP contribution in [0.4, 0.5) is 10.1 Å². The minimum absolute atomic E-state index is 0.0180. The summed E-state index contributed by atoms with van der Waals surface area (Å²) in [6.07, 6.45) is -0.962. The number of imide groups is 1. The molecular weight excluding hydrogens is 401 g/mol. The standard InChI is InChI=1S/C23H22FN3O4/c1-11-4-3-5-15-18(11)25-22(31)23(15)17-16(19(26-23)12(2)28)20(29)27(21(17)30)10-13-6-8-14(24)9-7-13/h3-9,12,16-17,19,26,28H,10H2,1-2H3,(H,25,31)/t12-,16-,17-,19+,23+/m0/s1. The SMILES string of the molecule is Cc1cccc2c1NC(=O)[C@@]21N[C@H]([C@H](C)O)[C@H]2C(=O)N(Cc3ccc(F)cc3)C(=O)[C@H]21. The topological polar surface area (TPSA) is 98.7 Å². The molecule has 5 rings (SSSR count). The van der Waals surface area contributed by atoms with Crippen molar-refractivity contribution in [3.05, 3.63) is 65.0 Å². The molecule has 0 unspecified atom stereocenters. The lowest BCUT2D eigenvalue weighted by Gasteiger charge is -2.30. The molecule has 3 heterocycles. The summed E-state index contributed by atoms with van der Waals surface area (Å²) in [7, 11) is 0. The maximum atomic E-state index is 13.6. The van der Waals surface area contributed by atoms with Gasteiger partial charge >= 0.3 is 0 Å². The highest BCUT2D eigenvalue weighted by molar-refractivity contribution is 6.15. The van der Waals surface area contributed by atoms with E-state index in [1.807, 2.05) is 13.0 Å². The molecule has 2 fully saturated rings. The van der Waals surface area contributed by atoms with Crippen LogP contribution in [0.1, 0.15) is 23.6 Å². The lowest BCUT2D eigenvalue weighted by molar-refractivity contribution is -0.143. The Morgan fingerprint density at radius 1 is 1.13 bits per heavy atom. The van der Waals surface area contributed by atoms with E-state index in [0.717, 1.165) is 10.5 Å². The molecule has 2 saturated heterocycles. The summed E-state index contributed by atoms with van der Waals surface area (Å²) >= 11 is 0. The predicted octanol–water partition coefficient (Wildman–Crippen LogP) is 1.44. The number of aryl methyl sites for hydroxylation is 1. The molecule has 3 N–H and O–H groups in total. The molecule has 0 saturated carbocycles. The van der Waals surface area contributed by atoms with Gasteiger partial charge in [0.2, 0.25) is 17.7 Å². The third-order valence-corrected chi connectivity index (χ3v) is 6.76. The Balaban J connectivity index is 1.61. The van der Waals surface area contributed by atoms with Crippen LogP contribution in [0.2, 0.25) is 0 Å². The first-order valence-corrected chi connectivity index (χ1v) is 10.2. The highest BCUT2D eigenvalue weighted by Gasteiger charge is 2.71. The van der Waals surface area contributed by atoms with Crippen LogP contribution in [0.25, 0.3) is 0 Å². The number of anilines is 1. The number of likely N-dealkylation sites (tertiary alicyclic amines) is 1. The van der Waals surface area contributed by atoms with Gasteiger partial charge in [-0.25, -0.2) is 4.39 Å². The lowest BCUT2D eigenvalue weighted by Crippen LogP contribution is -2.54. The van der Waals surface area contributed by atoms with Gasteiger partial charge < -0.3 is 10.4 Å². The fraction of sp³-hybridized carbons (Fsp3) is 0.348. The molecular formula is C23H22FN3O4. The van der Waals surface area contributed by atoms with Crippen molar-refractivity contribution in [2.75, 3.05) is 5.32 Å². The van der Waals surface area contributed by atoms with Crippen LogP contribution in [0.15, 0.2) is 42.5 Å². The van der Waals surface area contributed by atoms with Crippen molar-refractivity contribution in [3.63, 3.8) is 0 Å². The highest BCUT2D eigenvalue weighted by Crippen LogP contribution is 2.54.